The minimum atomic E-state index is 0.404. The van der Waals surface area contributed by atoms with Gasteiger partial charge in [-0.1, -0.05) is 6.07 Å². The average Bonchev–Trinajstić information content (AvgIpc) is 2.60. The SMILES string of the molecule is CC12CCCN1c1cccc(N)c1CC2. The van der Waals surface area contributed by atoms with Gasteiger partial charge >= 0.3 is 0 Å². The van der Waals surface area contributed by atoms with Crippen molar-refractivity contribution in [3.05, 3.63) is 23.8 Å². The molecular weight excluding hydrogens is 184 g/mol. The van der Waals surface area contributed by atoms with E-state index in [1.807, 2.05) is 6.07 Å². The van der Waals surface area contributed by atoms with E-state index in [0.29, 0.717) is 5.54 Å². The van der Waals surface area contributed by atoms with Gasteiger partial charge in [0.1, 0.15) is 0 Å². The van der Waals surface area contributed by atoms with Crippen LogP contribution in [0.4, 0.5) is 11.4 Å². The number of anilines is 2. The van der Waals surface area contributed by atoms with E-state index in [0.717, 1.165) is 12.1 Å². The lowest BCUT2D eigenvalue weighted by Gasteiger charge is -2.42. The Morgan fingerprint density at radius 2 is 2.20 bits per heavy atom. The highest BCUT2D eigenvalue weighted by Gasteiger charge is 2.40. The van der Waals surface area contributed by atoms with Gasteiger partial charge in [-0.25, -0.2) is 0 Å². The molecule has 1 unspecified atom stereocenters. The second kappa shape index (κ2) is 2.91. The van der Waals surface area contributed by atoms with Gasteiger partial charge in [-0.15, -0.1) is 0 Å². The summed E-state index contributed by atoms with van der Waals surface area (Å²) in [7, 11) is 0. The molecule has 0 saturated carbocycles. The highest BCUT2D eigenvalue weighted by Crippen LogP contribution is 2.44. The molecule has 0 radical (unpaired) electrons. The van der Waals surface area contributed by atoms with Crippen molar-refractivity contribution in [1.82, 2.24) is 0 Å². The van der Waals surface area contributed by atoms with Crippen molar-refractivity contribution >= 4 is 11.4 Å². The monoisotopic (exact) mass is 202 g/mol. The topological polar surface area (TPSA) is 29.3 Å². The molecule has 2 nitrogen and oxygen atoms in total. The molecule has 2 N–H and O–H groups in total. The van der Waals surface area contributed by atoms with Crippen molar-refractivity contribution in [3.8, 4) is 0 Å². The molecule has 0 spiro atoms. The summed E-state index contributed by atoms with van der Waals surface area (Å²) in [5, 5.41) is 0. The van der Waals surface area contributed by atoms with Crippen molar-refractivity contribution in [3.63, 3.8) is 0 Å². The number of nitrogens with zero attached hydrogens (tertiary/aromatic N) is 1. The molecule has 1 saturated heterocycles. The number of hydrogen-bond donors (Lipinski definition) is 1. The maximum atomic E-state index is 6.04. The fourth-order valence-electron chi connectivity index (χ4n) is 3.21. The first-order chi connectivity index (χ1) is 7.21. The van der Waals surface area contributed by atoms with E-state index >= 15 is 0 Å². The standard InChI is InChI=1S/C13H18N2/c1-13-7-3-9-15(13)12-5-2-4-11(14)10(12)6-8-13/h2,4-5H,3,6-9,14H2,1H3. The molecule has 15 heavy (non-hydrogen) atoms. The Kier molecular flexibility index (Phi) is 1.76. The van der Waals surface area contributed by atoms with E-state index in [4.69, 9.17) is 5.73 Å². The Hall–Kier alpha value is -1.18. The minimum Gasteiger partial charge on any atom is -0.398 e. The van der Waals surface area contributed by atoms with Gasteiger partial charge in [0, 0.05) is 23.5 Å². The zero-order valence-corrected chi connectivity index (χ0v) is 9.29. The third-order valence-electron chi connectivity index (χ3n) is 4.14. The van der Waals surface area contributed by atoms with Crippen molar-refractivity contribution in [2.45, 2.75) is 38.1 Å². The molecule has 1 fully saturated rings. The van der Waals surface area contributed by atoms with Gasteiger partial charge in [-0.05, 0) is 50.3 Å². The third kappa shape index (κ3) is 1.17. The zero-order valence-electron chi connectivity index (χ0n) is 9.29. The lowest BCUT2D eigenvalue weighted by atomic mass is 9.85. The molecule has 2 aliphatic rings. The quantitative estimate of drug-likeness (QED) is 0.655. The summed E-state index contributed by atoms with van der Waals surface area (Å²) >= 11 is 0. The van der Waals surface area contributed by atoms with E-state index in [1.54, 1.807) is 0 Å². The van der Waals surface area contributed by atoms with Gasteiger partial charge < -0.3 is 10.6 Å². The fourth-order valence-corrected chi connectivity index (χ4v) is 3.21. The van der Waals surface area contributed by atoms with Crippen LogP contribution in [-0.2, 0) is 6.42 Å². The third-order valence-corrected chi connectivity index (χ3v) is 4.14. The predicted molar refractivity (Wildman–Crippen MR) is 64.2 cm³/mol. The molecule has 3 rings (SSSR count). The molecule has 0 amide bonds. The van der Waals surface area contributed by atoms with Crippen molar-refractivity contribution in [2.24, 2.45) is 0 Å². The lowest BCUT2D eigenvalue weighted by molar-refractivity contribution is 0.417. The molecular formula is C13H18N2. The zero-order chi connectivity index (χ0) is 10.5. The normalized spacial score (nSPS) is 28.7. The van der Waals surface area contributed by atoms with Crippen LogP contribution in [0.15, 0.2) is 18.2 Å². The van der Waals surface area contributed by atoms with E-state index in [1.165, 1.54) is 37.1 Å². The summed E-state index contributed by atoms with van der Waals surface area (Å²) in [6, 6.07) is 6.34. The maximum Gasteiger partial charge on any atom is 0.0424 e. The molecule has 0 aromatic heterocycles. The lowest BCUT2D eigenvalue weighted by Crippen LogP contribution is -2.44. The summed E-state index contributed by atoms with van der Waals surface area (Å²) in [4.78, 5) is 2.57. The fraction of sp³-hybridized carbons (Fsp3) is 0.538. The molecule has 1 aromatic rings. The molecule has 0 bridgehead atoms. The highest BCUT2D eigenvalue weighted by atomic mass is 15.2. The smallest absolute Gasteiger partial charge is 0.0424 e. The number of nitrogens with two attached hydrogens (primary N) is 1. The first-order valence-corrected chi connectivity index (χ1v) is 5.86. The second-order valence-corrected chi connectivity index (χ2v) is 5.10. The van der Waals surface area contributed by atoms with Crippen LogP contribution in [-0.4, -0.2) is 12.1 Å². The number of hydrogen-bond acceptors (Lipinski definition) is 2. The van der Waals surface area contributed by atoms with Crippen LogP contribution < -0.4 is 10.6 Å². The Morgan fingerprint density at radius 1 is 1.33 bits per heavy atom. The van der Waals surface area contributed by atoms with Crippen LogP contribution in [0.1, 0.15) is 31.7 Å². The van der Waals surface area contributed by atoms with Crippen molar-refractivity contribution < 1.29 is 0 Å². The Balaban J connectivity index is 2.13. The van der Waals surface area contributed by atoms with Gasteiger partial charge in [0.2, 0.25) is 0 Å². The van der Waals surface area contributed by atoms with E-state index in [2.05, 4.69) is 24.0 Å². The largest absolute Gasteiger partial charge is 0.398 e. The second-order valence-electron chi connectivity index (χ2n) is 5.10. The number of nitrogen functional groups attached to an aromatic ring is 1. The minimum absolute atomic E-state index is 0.404. The van der Waals surface area contributed by atoms with Crippen LogP contribution in [0.2, 0.25) is 0 Å². The Bertz CT molecular complexity index is 400. The molecule has 1 aromatic carbocycles. The number of rotatable bonds is 0. The van der Waals surface area contributed by atoms with Gasteiger partial charge in [-0.2, -0.15) is 0 Å². The van der Waals surface area contributed by atoms with E-state index < -0.39 is 0 Å². The molecule has 2 heteroatoms. The number of fused-ring (bicyclic) bond motifs is 3. The van der Waals surface area contributed by atoms with Gasteiger partial charge in [0.25, 0.3) is 0 Å². The van der Waals surface area contributed by atoms with Crippen LogP contribution in [0.25, 0.3) is 0 Å². The van der Waals surface area contributed by atoms with Crippen molar-refractivity contribution in [1.29, 1.82) is 0 Å². The van der Waals surface area contributed by atoms with Gasteiger partial charge in [-0.3, -0.25) is 0 Å². The molecule has 80 valence electrons. The van der Waals surface area contributed by atoms with Crippen LogP contribution >= 0.6 is 0 Å². The van der Waals surface area contributed by atoms with Crippen LogP contribution in [0.5, 0.6) is 0 Å². The Labute approximate surface area is 91.1 Å². The summed E-state index contributed by atoms with van der Waals surface area (Å²) in [6.45, 7) is 3.60. The predicted octanol–water partition coefficient (Wildman–Crippen LogP) is 2.57. The van der Waals surface area contributed by atoms with Crippen molar-refractivity contribution in [2.75, 3.05) is 17.2 Å². The maximum absolute atomic E-state index is 6.04. The van der Waals surface area contributed by atoms with E-state index in [9.17, 15) is 0 Å². The summed E-state index contributed by atoms with van der Waals surface area (Å²) < 4.78 is 0. The molecule has 2 aliphatic heterocycles. The Morgan fingerprint density at radius 3 is 3.07 bits per heavy atom. The van der Waals surface area contributed by atoms with Crippen LogP contribution in [0.3, 0.4) is 0 Å². The average molecular weight is 202 g/mol. The summed E-state index contributed by atoms with van der Waals surface area (Å²) in [5.74, 6) is 0. The van der Waals surface area contributed by atoms with E-state index in [-0.39, 0.29) is 0 Å². The van der Waals surface area contributed by atoms with Gasteiger partial charge in [0.05, 0.1) is 0 Å². The highest BCUT2D eigenvalue weighted by molar-refractivity contribution is 5.68. The molecule has 2 heterocycles. The van der Waals surface area contributed by atoms with Crippen LogP contribution in [0, 0.1) is 0 Å². The van der Waals surface area contributed by atoms with Gasteiger partial charge in [0.15, 0.2) is 0 Å². The summed E-state index contributed by atoms with van der Waals surface area (Å²) in [6.07, 6.45) is 5.06. The first kappa shape index (κ1) is 9.08. The molecule has 1 atom stereocenters. The number of benzene rings is 1. The molecule has 0 aliphatic carbocycles. The summed E-state index contributed by atoms with van der Waals surface area (Å²) in [5.41, 5.74) is 10.2. The first-order valence-electron chi connectivity index (χ1n) is 5.86.